The van der Waals surface area contributed by atoms with Crippen LogP contribution in [0.4, 0.5) is 17.1 Å². The molecule has 1 aliphatic rings. The normalized spacial score (nSPS) is 13.2. The number of nitrogens with zero attached hydrogens (tertiary/aromatic N) is 3. The quantitative estimate of drug-likeness (QED) is 0.373. The first-order chi connectivity index (χ1) is 13.4. The Hall–Kier alpha value is -4.34. The number of nitro benzene ring substituents is 3. The highest BCUT2D eigenvalue weighted by atomic mass is 16.6. The van der Waals surface area contributed by atoms with E-state index in [1.165, 1.54) is 30.5 Å². The highest BCUT2D eigenvalue weighted by Gasteiger charge is 2.34. The Kier molecular flexibility index (Phi) is 3.74. The number of fused-ring (bicyclic) bond motifs is 3. The Bertz CT molecular complexity index is 1200. The number of hydrogen-bond acceptors (Lipinski definition) is 7. The molecule has 0 saturated carbocycles. The van der Waals surface area contributed by atoms with E-state index in [4.69, 9.17) is 4.42 Å². The zero-order valence-corrected chi connectivity index (χ0v) is 13.9. The predicted molar refractivity (Wildman–Crippen MR) is 97.5 cm³/mol. The molecule has 1 heterocycles. The second-order valence-electron chi connectivity index (χ2n) is 5.96. The topological polar surface area (TPSA) is 143 Å². The van der Waals surface area contributed by atoms with Crippen LogP contribution in [0.15, 0.2) is 53.1 Å². The van der Waals surface area contributed by atoms with Crippen LogP contribution in [0, 0.1) is 30.3 Å². The summed E-state index contributed by atoms with van der Waals surface area (Å²) in [5.74, 6) is 0.398. The van der Waals surface area contributed by atoms with Crippen molar-refractivity contribution in [2.24, 2.45) is 0 Å². The second kappa shape index (κ2) is 6.13. The van der Waals surface area contributed by atoms with Gasteiger partial charge in [0.15, 0.2) is 0 Å². The molecule has 0 fully saturated rings. The maximum absolute atomic E-state index is 11.6. The van der Waals surface area contributed by atoms with E-state index in [9.17, 15) is 30.3 Å². The maximum Gasteiger partial charge on any atom is 0.284 e. The summed E-state index contributed by atoms with van der Waals surface area (Å²) in [4.78, 5) is 32.0. The highest BCUT2D eigenvalue weighted by molar-refractivity contribution is 6.09. The van der Waals surface area contributed by atoms with Crippen LogP contribution in [0.5, 0.6) is 0 Å². The Morgan fingerprint density at radius 2 is 1.50 bits per heavy atom. The molecule has 0 spiro atoms. The molecule has 0 atom stereocenters. The van der Waals surface area contributed by atoms with Gasteiger partial charge in [-0.2, -0.15) is 0 Å². The average Bonchev–Trinajstić information content (AvgIpc) is 3.27. The van der Waals surface area contributed by atoms with Gasteiger partial charge in [0.25, 0.3) is 17.1 Å². The summed E-state index contributed by atoms with van der Waals surface area (Å²) in [5, 5.41) is 34.0. The van der Waals surface area contributed by atoms with Crippen LogP contribution in [-0.2, 0) is 0 Å². The van der Waals surface area contributed by atoms with Gasteiger partial charge < -0.3 is 4.42 Å². The van der Waals surface area contributed by atoms with Crippen LogP contribution in [0.1, 0.15) is 16.9 Å². The van der Waals surface area contributed by atoms with Gasteiger partial charge >= 0.3 is 0 Å². The fourth-order valence-corrected chi connectivity index (χ4v) is 3.26. The van der Waals surface area contributed by atoms with Gasteiger partial charge in [-0.05, 0) is 41.0 Å². The first kappa shape index (κ1) is 17.1. The molecule has 0 unspecified atom stereocenters. The third kappa shape index (κ3) is 2.60. The van der Waals surface area contributed by atoms with E-state index in [1.807, 2.05) is 0 Å². The van der Waals surface area contributed by atoms with Crippen LogP contribution in [0.3, 0.4) is 0 Å². The number of nitro groups is 3. The Morgan fingerprint density at radius 1 is 0.786 bits per heavy atom. The molecule has 1 aliphatic carbocycles. The lowest BCUT2D eigenvalue weighted by Gasteiger charge is -2.03. The number of benzene rings is 2. The number of furan rings is 1. The fourth-order valence-electron chi connectivity index (χ4n) is 3.26. The third-order valence-corrected chi connectivity index (χ3v) is 4.40. The summed E-state index contributed by atoms with van der Waals surface area (Å²) in [7, 11) is 0. The number of rotatable bonds is 4. The van der Waals surface area contributed by atoms with E-state index in [0.29, 0.717) is 22.5 Å². The maximum atomic E-state index is 11.6. The van der Waals surface area contributed by atoms with Crippen molar-refractivity contribution < 1.29 is 19.2 Å². The van der Waals surface area contributed by atoms with Gasteiger partial charge in [-0.15, -0.1) is 0 Å². The molecular formula is C18H9N3O7. The standard InChI is InChI=1S/C18H9N3O7/c22-19(23)10-3-4-13-14(6-10)15(9-12-2-1-5-28-12)16-7-11(20(24)25)8-17(18(13)16)21(26)27/h1-9H/b15-9-. The van der Waals surface area contributed by atoms with Crippen molar-refractivity contribution in [3.63, 3.8) is 0 Å². The van der Waals surface area contributed by atoms with E-state index >= 15 is 0 Å². The van der Waals surface area contributed by atoms with E-state index < -0.39 is 26.1 Å². The SMILES string of the molecule is O=[N+]([O-])c1ccc2c(c1)/C(=C/c1ccco1)c1cc([N+](=O)[O-])cc([N+](=O)[O-])c1-2. The minimum absolute atomic E-state index is 0.179. The highest BCUT2D eigenvalue weighted by Crippen LogP contribution is 2.51. The van der Waals surface area contributed by atoms with Crippen molar-refractivity contribution in [1.82, 2.24) is 0 Å². The molecule has 4 rings (SSSR count). The summed E-state index contributed by atoms with van der Waals surface area (Å²) in [6.07, 6.45) is 2.97. The van der Waals surface area contributed by atoms with Crippen LogP contribution >= 0.6 is 0 Å². The van der Waals surface area contributed by atoms with Crippen LogP contribution in [0.25, 0.3) is 22.8 Å². The molecule has 0 bridgehead atoms. The lowest BCUT2D eigenvalue weighted by Crippen LogP contribution is -1.96. The minimum atomic E-state index is -0.719. The lowest BCUT2D eigenvalue weighted by molar-refractivity contribution is -0.393. The van der Waals surface area contributed by atoms with Gasteiger partial charge in [0, 0.05) is 23.8 Å². The lowest BCUT2D eigenvalue weighted by atomic mass is 10.0. The molecule has 0 radical (unpaired) electrons. The van der Waals surface area contributed by atoms with Crippen LogP contribution in [0.2, 0.25) is 0 Å². The molecule has 0 N–H and O–H groups in total. The van der Waals surface area contributed by atoms with E-state index in [0.717, 1.165) is 6.07 Å². The predicted octanol–water partition coefficient (Wildman–Crippen LogP) is 4.57. The molecule has 10 heteroatoms. The van der Waals surface area contributed by atoms with Crippen molar-refractivity contribution >= 4 is 28.7 Å². The Balaban J connectivity index is 2.09. The minimum Gasteiger partial charge on any atom is -0.465 e. The van der Waals surface area contributed by atoms with Gasteiger partial charge in [0.05, 0.1) is 32.7 Å². The van der Waals surface area contributed by atoms with Gasteiger partial charge in [-0.3, -0.25) is 30.3 Å². The molecule has 0 saturated heterocycles. The Labute approximate surface area is 155 Å². The summed E-state index contributed by atoms with van der Waals surface area (Å²) in [5.41, 5.74) is 0.458. The largest absolute Gasteiger partial charge is 0.465 e. The summed E-state index contributed by atoms with van der Waals surface area (Å²) >= 11 is 0. The summed E-state index contributed by atoms with van der Waals surface area (Å²) in [6, 6.07) is 9.32. The monoisotopic (exact) mass is 379 g/mol. The number of hydrogen-bond donors (Lipinski definition) is 0. The Morgan fingerprint density at radius 3 is 2.11 bits per heavy atom. The van der Waals surface area contributed by atoms with Crippen molar-refractivity contribution in [3.05, 3.63) is 96.0 Å². The molecule has 10 nitrogen and oxygen atoms in total. The van der Waals surface area contributed by atoms with Crippen molar-refractivity contribution in [1.29, 1.82) is 0 Å². The van der Waals surface area contributed by atoms with E-state index in [2.05, 4.69) is 0 Å². The molecule has 1 aromatic heterocycles. The third-order valence-electron chi connectivity index (χ3n) is 4.40. The van der Waals surface area contributed by atoms with Gasteiger partial charge in [-0.25, -0.2) is 0 Å². The second-order valence-corrected chi connectivity index (χ2v) is 5.96. The summed E-state index contributed by atoms with van der Waals surface area (Å²) in [6.45, 7) is 0. The van der Waals surface area contributed by atoms with Crippen molar-refractivity contribution in [2.45, 2.75) is 0 Å². The molecule has 2 aromatic carbocycles. The van der Waals surface area contributed by atoms with E-state index in [1.54, 1.807) is 18.2 Å². The van der Waals surface area contributed by atoms with Crippen molar-refractivity contribution in [2.75, 3.05) is 0 Å². The molecule has 0 amide bonds. The molecule has 3 aromatic rings. The number of non-ortho nitro benzene ring substituents is 2. The van der Waals surface area contributed by atoms with Crippen molar-refractivity contribution in [3.8, 4) is 11.1 Å². The molecule has 0 aliphatic heterocycles. The first-order valence-corrected chi connectivity index (χ1v) is 7.88. The van der Waals surface area contributed by atoms with E-state index in [-0.39, 0.29) is 16.8 Å². The van der Waals surface area contributed by atoms with Gasteiger partial charge in [-0.1, -0.05) is 0 Å². The fraction of sp³-hybridized carbons (Fsp3) is 0. The molecule has 138 valence electrons. The van der Waals surface area contributed by atoms with Crippen LogP contribution < -0.4 is 0 Å². The molecule has 28 heavy (non-hydrogen) atoms. The zero-order chi connectivity index (χ0) is 20.0. The molecular weight excluding hydrogens is 370 g/mol. The smallest absolute Gasteiger partial charge is 0.284 e. The van der Waals surface area contributed by atoms with Crippen LogP contribution in [-0.4, -0.2) is 14.8 Å². The first-order valence-electron chi connectivity index (χ1n) is 7.88. The zero-order valence-electron chi connectivity index (χ0n) is 13.9. The van der Waals surface area contributed by atoms with Gasteiger partial charge in [0.2, 0.25) is 0 Å². The summed E-state index contributed by atoms with van der Waals surface area (Å²) < 4.78 is 5.28. The average molecular weight is 379 g/mol. The van der Waals surface area contributed by atoms with Gasteiger partial charge in [0.1, 0.15) is 5.76 Å².